The van der Waals surface area contributed by atoms with Crippen LogP contribution in [0.25, 0.3) is 0 Å². The molecule has 1 aromatic rings. The molecule has 0 bridgehead atoms. The number of nitrogens with one attached hydrogen (secondary N) is 2. The molecule has 0 aliphatic rings. The van der Waals surface area contributed by atoms with Crippen LogP contribution in [-0.4, -0.2) is 19.5 Å². The fourth-order valence-corrected chi connectivity index (χ4v) is 2.06. The van der Waals surface area contributed by atoms with Crippen molar-refractivity contribution in [2.24, 2.45) is 0 Å². The first-order valence-electron chi connectivity index (χ1n) is 5.61. The summed E-state index contributed by atoms with van der Waals surface area (Å²) in [6, 6.07) is 6.21. The number of rotatable bonds is 7. The van der Waals surface area contributed by atoms with Crippen LogP contribution in [0.4, 0.5) is 5.69 Å². The van der Waals surface area contributed by atoms with E-state index in [2.05, 4.69) is 17.8 Å². The van der Waals surface area contributed by atoms with Crippen LogP contribution < -0.4 is 10.9 Å². The van der Waals surface area contributed by atoms with E-state index in [0.717, 1.165) is 25.8 Å². The molecule has 1 rings (SSSR count). The maximum absolute atomic E-state index is 11.1. The lowest BCUT2D eigenvalue weighted by atomic mass is 10.2. The maximum atomic E-state index is 11.1. The lowest BCUT2D eigenvalue weighted by molar-refractivity contribution is 0.483. The number of hydrazine groups is 1. The van der Waals surface area contributed by atoms with Gasteiger partial charge in [-0.15, -0.1) is 0 Å². The number of hydrogen-bond donors (Lipinski definition) is 3. The minimum absolute atomic E-state index is 0.122. The zero-order valence-electron chi connectivity index (χ0n) is 9.81. The van der Waals surface area contributed by atoms with Crippen molar-refractivity contribution in [2.75, 3.05) is 12.0 Å². The molecule has 0 saturated heterocycles. The molecule has 0 unspecified atom stereocenters. The minimum atomic E-state index is -4.18. The Morgan fingerprint density at radius 3 is 2.59 bits per heavy atom. The first-order valence-corrected chi connectivity index (χ1v) is 7.05. The van der Waals surface area contributed by atoms with E-state index in [1.165, 1.54) is 6.07 Å². The molecule has 0 saturated carbocycles. The molecular formula is C11H18N2O3S. The van der Waals surface area contributed by atoms with Crippen molar-refractivity contribution in [3.8, 4) is 0 Å². The summed E-state index contributed by atoms with van der Waals surface area (Å²) in [5, 5.41) is 0. The molecule has 0 radical (unpaired) electrons. The zero-order valence-corrected chi connectivity index (χ0v) is 10.6. The van der Waals surface area contributed by atoms with Gasteiger partial charge in [0.2, 0.25) is 0 Å². The van der Waals surface area contributed by atoms with Gasteiger partial charge in [0, 0.05) is 6.54 Å². The number of unbranched alkanes of at least 4 members (excludes halogenated alkanes) is 2. The summed E-state index contributed by atoms with van der Waals surface area (Å²) in [7, 11) is -4.18. The molecule has 3 N–H and O–H groups in total. The van der Waals surface area contributed by atoms with Gasteiger partial charge in [0.15, 0.2) is 0 Å². The Balaban J connectivity index is 2.59. The third kappa shape index (κ3) is 4.72. The van der Waals surface area contributed by atoms with Crippen molar-refractivity contribution in [1.29, 1.82) is 0 Å². The topological polar surface area (TPSA) is 78.4 Å². The normalized spacial score (nSPS) is 11.4. The molecule has 0 aliphatic carbocycles. The van der Waals surface area contributed by atoms with Crippen LogP contribution in [0.5, 0.6) is 0 Å². The SMILES string of the molecule is CCCCCNNc1ccccc1S(=O)(=O)O. The van der Waals surface area contributed by atoms with Crippen LogP contribution in [-0.2, 0) is 10.1 Å². The summed E-state index contributed by atoms with van der Waals surface area (Å²) >= 11 is 0. The van der Waals surface area contributed by atoms with Crippen molar-refractivity contribution in [3.63, 3.8) is 0 Å². The van der Waals surface area contributed by atoms with Crippen molar-refractivity contribution in [1.82, 2.24) is 5.43 Å². The Morgan fingerprint density at radius 2 is 1.94 bits per heavy atom. The van der Waals surface area contributed by atoms with Crippen LogP contribution in [0.15, 0.2) is 29.2 Å². The summed E-state index contributed by atoms with van der Waals surface area (Å²) in [4.78, 5) is -0.122. The van der Waals surface area contributed by atoms with Gasteiger partial charge in [-0.3, -0.25) is 4.55 Å². The molecule has 0 amide bonds. The third-order valence-corrected chi connectivity index (χ3v) is 3.21. The summed E-state index contributed by atoms with van der Waals surface area (Å²) < 4.78 is 31.2. The highest BCUT2D eigenvalue weighted by molar-refractivity contribution is 7.86. The summed E-state index contributed by atoms with van der Waals surface area (Å²) in [6.07, 6.45) is 3.26. The number of benzene rings is 1. The maximum Gasteiger partial charge on any atom is 0.296 e. The highest BCUT2D eigenvalue weighted by Crippen LogP contribution is 2.19. The van der Waals surface area contributed by atoms with Gasteiger partial charge in [-0.1, -0.05) is 31.9 Å². The van der Waals surface area contributed by atoms with Crippen molar-refractivity contribution in [3.05, 3.63) is 24.3 Å². The standard InChI is InChI=1S/C11H18N2O3S/c1-2-3-6-9-12-13-10-7-4-5-8-11(10)17(14,15)16/h4-5,7-8,12-13H,2-3,6,9H2,1H3,(H,14,15,16). The molecule has 17 heavy (non-hydrogen) atoms. The Labute approximate surface area is 102 Å². The van der Waals surface area contributed by atoms with E-state index < -0.39 is 10.1 Å². The predicted octanol–water partition coefficient (Wildman–Crippen LogP) is 2.04. The average molecular weight is 258 g/mol. The minimum Gasteiger partial charge on any atom is -0.320 e. The van der Waals surface area contributed by atoms with E-state index in [1.807, 2.05) is 0 Å². The molecule has 0 aliphatic heterocycles. The second-order valence-electron chi connectivity index (χ2n) is 3.73. The van der Waals surface area contributed by atoms with Gasteiger partial charge in [0.1, 0.15) is 4.90 Å². The molecule has 6 heteroatoms. The fourth-order valence-electron chi connectivity index (χ4n) is 1.42. The molecule has 5 nitrogen and oxygen atoms in total. The quantitative estimate of drug-likeness (QED) is 0.396. The van der Waals surface area contributed by atoms with Gasteiger partial charge in [-0.2, -0.15) is 8.42 Å². The molecule has 0 fully saturated rings. The van der Waals surface area contributed by atoms with Crippen LogP contribution >= 0.6 is 0 Å². The van der Waals surface area contributed by atoms with E-state index in [-0.39, 0.29) is 4.90 Å². The summed E-state index contributed by atoms with van der Waals surface area (Å²) in [6.45, 7) is 2.86. The number of hydrogen-bond acceptors (Lipinski definition) is 4. The van der Waals surface area contributed by atoms with E-state index in [4.69, 9.17) is 4.55 Å². The van der Waals surface area contributed by atoms with Crippen LogP contribution in [0.1, 0.15) is 26.2 Å². The molecule has 96 valence electrons. The molecule has 0 spiro atoms. The zero-order chi connectivity index (χ0) is 12.7. The second-order valence-corrected chi connectivity index (χ2v) is 5.12. The van der Waals surface area contributed by atoms with E-state index >= 15 is 0 Å². The third-order valence-electron chi connectivity index (χ3n) is 2.29. The molecule has 0 atom stereocenters. The van der Waals surface area contributed by atoms with Gasteiger partial charge < -0.3 is 5.43 Å². The lowest BCUT2D eigenvalue weighted by Crippen LogP contribution is -2.23. The van der Waals surface area contributed by atoms with Crippen molar-refractivity contribution in [2.45, 2.75) is 31.1 Å². The summed E-state index contributed by atoms with van der Waals surface area (Å²) in [5.74, 6) is 0. The van der Waals surface area contributed by atoms with Gasteiger partial charge in [0.05, 0.1) is 5.69 Å². The Bertz CT molecular complexity index is 446. The van der Waals surface area contributed by atoms with Gasteiger partial charge in [-0.05, 0) is 18.6 Å². The van der Waals surface area contributed by atoms with E-state index in [9.17, 15) is 8.42 Å². The second kappa shape index (κ2) is 6.58. The fraction of sp³-hybridized carbons (Fsp3) is 0.455. The lowest BCUT2D eigenvalue weighted by Gasteiger charge is -2.10. The Hall–Kier alpha value is -1.11. The largest absolute Gasteiger partial charge is 0.320 e. The highest BCUT2D eigenvalue weighted by atomic mass is 32.2. The van der Waals surface area contributed by atoms with Crippen LogP contribution in [0.3, 0.4) is 0 Å². The first kappa shape index (κ1) is 14.0. The van der Waals surface area contributed by atoms with E-state index in [1.54, 1.807) is 18.2 Å². The van der Waals surface area contributed by atoms with Crippen LogP contribution in [0.2, 0.25) is 0 Å². The highest BCUT2D eigenvalue weighted by Gasteiger charge is 2.13. The Morgan fingerprint density at radius 1 is 1.24 bits per heavy atom. The molecule has 0 heterocycles. The predicted molar refractivity (Wildman–Crippen MR) is 67.4 cm³/mol. The van der Waals surface area contributed by atoms with E-state index in [0.29, 0.717) is 5.69 Å². The average Bonchev–Trinajstić information content (AvgIpc) is 2.28. The van der Waals surface area contributed by atoms with Gasteiger partial charge >= 0.3 is 0 Å². The number of anilines is 1. The van der Waals surface area contributed by atoms with Crippen molar-refractivity contribution >= 4 is 15.8 Å². The monoisotopic (exact) mass is 258 g/mol. The smallest absolute Gasteiger partial charge is 0.296 e. The van der Waals surface area contributed by atoms with Crippen molar-refractivity contribution < 1.29 is 13.0 Å². The molecule has 0 aromatic heterocycles. The molecular weight excluding hydrogens is 240 g/mol. The Kier molecular flexibility index (Phi) is 5.40. The first-order chi connectivity index (χ1) is 8.05. The van der Waals surface area contributed by atoms with Crippen LogP contribution in [0, 0.1) is 0 Å². The van der Waals surface area contributed by atoms with Gasteiger partial charge in [-0.25, -0.2) is 5.43 Å². The summed E-state index contributed by atoms with van der Waals surface area (Å²) in [5.41, 5.74) is 6.07. The van der Waals surface area contributed by atoms with Gasteiger partial charge in [0.25, 0.3) is 10.1 Å². The molecule has 1 aromatic carbocycles. The number of para-hydroxylation sites is 1.